The molecule has 4 nitrogen and oxygen atoms in total. The quantitative estimate of drug-likeness (QED) is 0.822. The zero-order valence-corrected chi connectivity index (χ0v) is 10.3. The molecule has 0 saturated carbocycles. The molecule has 1 aromatic heterocycles. The second-order valence-electron chi connectivity index (χ2n) is 4.60. The van der Waals surface area contributed by atoms with Gasteiger partial charge in [0.1, 0.15) is 11.6 Å². The fourth-order valence-corrected chi connectivity index (χ4v) is 2.28. The molecule has 2 heterocycles. The molecule has 2 rings (SSSR count). The van der Waals surface area contributed by atoms with Gasteiger partial charge >= 0.3 is 0 Å². The highest BCUT2D eigenvalue weighted by atomic mass is 15.1. The van der Waals surface area contributed by atoms with E-state index in [0.29, 0.717) is 5.92 Å². The summed E-state index contributed by atoms with van der Waals surface area (Å²) in [7, 11) is 4.07. The minimum atomic E-state index is 0.491. The van der Waals surface area contributed by atoms with Gasteiger partial charge in [0.15, 0.2) is 0 Å². The molecule has 1 aromatic rings. The number of rotatable bonds is 2. The Hall–Kier alpha value is -1.16. The van der Waals surface area contributed by atoms with Gasteiger partial charge in [-0.15, -0.1) is 0 Å². The molecule has 1 atom stereocenters. The van der Waals surface area contributed by atoms with Crippen molar-refractivity contribution in [3.05, 3.63) is 17.6 Å². The van der Waals surface area contributed by atoms with Gasteiger partial charge in [-0.3, -0.25) is 0 Å². The third-order valence-electron chi connectivity index (χ3n) is 3.12. The van der Waals surface area contributed by atoms with Gasteiger partial charge in [-0.1, -0.05) is 0 Å². The summed E-state index contributed by atoms with van der Waals surface area (Å²) in [6, 6.07) is 1.98. The summed E-state index contributed by atoms with van der Waals surface area (Å²) in [5, 5.41) is 3.09. The maximum atomic E-state index is 4.56. The van der Waals surface area contributed by atoms with Crippen LogP contribution in [0.15, 0.2) is 6.07 Å². The van der Waals surface area contributed by atoms with E-state index in [4.69, 9.17) is 0 Å². The van der Waals surface area contributed by atoms with Gasteiger partial charge in [0.05, 0.1) is 0 Å². The first-order valence-corrected chi connectivity index (χ1v) is 5.91. The average Bonchev–Trinajstić information content (AvgIpc) is 2.28. The van der Waals surface area contributed by atoms with Crippen molar-refractivity contribution in [1.29, 1.82) is 0 Å². The number of nitrogens with zero attached hydrogens (tertiary/aromatic N) is 3. The van der Waals surface area contributed by atoms with Crippen LogP contribution in [0.5, 0.6) is 0 Å². The van der Waals surface area contributed by atoms with Crippen LogP contribution in [0.25, 0.3) is 0 Å². The van der Waals surface area contributed by atoms with Crippen molar-refractivity contribution in [2.24, 2.45) is 0 Å². The maximum absolute atomic E-state index is 4.56. The summed E-state index contributed by atoms with van der Waals surface area (Å²) in [6.45, 7) is 4.30. The number of likely N-dealkylation sites (tertiary alicyclic amines) is 1. The summed E-state index contributed by atoms with van der Waals surface area (Å²) in [6.07, 6.45) is 2.45. The molecule has 0 aliphatic carbocycles. The van der Waals surface area contributed by atoms with Crippen molar-refractivity contribution in [2.45, 2.75) is 25.7 Å². The summed E-state index contributed by atoms with van der Waals surface area (Å²) < 4.78 is 0. The van der Waals surface area contributed by atoms with Crippen LogP contribution < -0.4 is 5.32 Å². The molecule has 4 heteroatoms. The van der Waals surface area contributed by atoms with Crippen LogP contribution in [0.2, 0.25) is 0 Å². The van der Waals surface area contributed by atoms with E-state index < -0.39 is 0 Å². The number of likely N-dealkylation sites (N-methyl/N-ethyl adjacent to an activating group) is 1. The molecule has 0 amide bonds. The van der Waals surface area contributed by atoms with Gasteiger partial charge in [0, 0.05) is 31.3 Å². The largest absolute Gasteiger partial charge is 0.373 e. The molecule has 1 N–H and O–H groups in total. The Bertz CT molecular complexity index is 364. The normalized spacial score (nSPS) is 22.1. The third-order valence-corrected chi connectivity index (χ3v) is 3.12. The SMILES string of the molecule is CNc1cc(C)nc(C2CCCN(C)C2)n1. The fourth-order valence-electron chi connectivity index (χ4n) is 2.28. The highest BCUT2D eigenvalue weighted by Crippen LogP contribution is 2.24. The number of anilines is 1. The molecule has 88 valence electrons. The Balaban J connectivity index is 2.21. The second kappa shape index (κ2) is 4.78. The standard InChI is InChI=1S/C12H20N4/c1-9-7-11(13-2)15-12(14-9)10-5-4-6-16(3)8-10/h7,10H,4-6,8H2,1-3H3,(H,13,14,15). The Morgan fingerprint density at radius 3 is 2.94 bits per heavy atom. The first-order valence-electron chi connectivity index (χ1n) is 5.91. The highest BCUT2D eigenvalue weighted by molar-refractivity contribution is 5.35. The molecule has 0 spiro atoms. The minimum Gasteiger partial charge on any atom is -0.373 e. The zero-order chi connectivity index (χ0) is 11.5. The smallest absolute Gasteiger partial charge is 0.135 e. The van der Waals surface area contributed by atoms with E-state index in [2.05, 4.69) is 27.2 Å². The Morgan fingerprint density at radius 1 is 1.44 bits per heavy atom. The first kappa shape index (κ1) is 11.3. The van der Waals surface area contributed by atoms with Crippen LogP contribution in [0.1, 0.15) is 30.3 Å². The van der Waals surface area contributed by atoms with Gasteiger partial charge in [0.25, 0.3) is 0 Å². The van der Waals surface area contributed by atoms with E-state index in [1.165, 1.54) is 19.4 Å². The summed E-state index contributed by atoms with van der Waals surface area (Å²) in [4.78, 5) is 11.5. The van der Waals surface area contributed by atoms with Crippen molar-refractivity contribution in [1.82, 2.24) is 14.9 Å². The zero-order valence-electron chi connectivity index (χ0n) is 10.3. The predicted molar refractivity (Wildman–Crippen MR) is 65.8 cm³/mol. The van der Waals surface area contributed by atoms with Crippen molar-refractivity contribution < 1.29 is 0 Å². The molecule has 0 radical (unpaired) electrons. The Kier molecular flexibility index (Phi) is 3.39. The van der Waals surface area contributed by atoms with Gasteiger partial charge < -0.3 is 10.2 Å². The molecule has 0 bridgehead atoms. The molecule has 1 aliphatic rings. The van der Waals surface area contributed by atoms with E-state index in [-0.39, 0.29) is 0 Å². The average molecular weight is 220 g/mol. The van der Waals surface area contributed by atoms with Gasteiger partial charge in [-0.25, -0.2) is 9.97 Å². The number of hydrogen-bond acceptors (Lipinski definition) is 4. The number of hydrogen-bond donors (Lipinski definition) is 1. The van der Waals surface area contributed by atoms with Crippen LogP contribution in [0.3, 0.4) is 0 Å². The van der Waals surface area contributed by atoms with Crippen LogP contribution in [-0.4, -0.2) is 42.1 Å². The predicted octanol–water partition coefficient (Wildman–Crippen LogP) is 1.64. The first-order chi connectivity index (χ1) is 7.69. The molecule has 16 heavy (non-hydrogen) atoms. The molecule has 1 fully saturated rings. The minimum absolute atomic E-state index is 0.491. The number of aryl methyl sites for hydroxylation is 1. The van der Waals surface area contributed by atoms with Crippen molar-refractivity contribution in [3.63, 3.8) is 0 Å². The maximum Gasteiger partial charge on any atom is 0.135 e. The van der Waals surface area contributed by atoms with E-state index in [1.54, 1.807) is 0 Å². The van der Waals surface area contributed by atoms with E-state index in [0.717, 1.165) is 23.9 Å². The van der Waals surface area contributed by atoms with E-state index in [1.807, 2.05) is 20.0 Å². The van der Waals surface area contributed by atoms with Crippen molar-refractivity contribution >= 4 is 5.82 Å². The highest BCUT2D eigenvalue weighted by Gasteiger charge is 2.21. The summed E-state index contributed by atoms with van der Waals surface area (Å²) in [5.41, 5.74) is 1.04. The van der Waals surface area contributed by atoms with E-state index >= 15 is 0 Å². The van der Waals surface area contributed by atoms with Crippen molar-refractivity contribution in [3.8, 4) is 0 Å². The van der Waals surface area contributed by atoms with Crippen LogP contribution >= 0.6 is 0 Å². The van der Waals surface area contributed by atoms with Crippen LogP contribution in [0.4, 0.5) is 5.82 Å². The topological polar surface area (TPSA) is 41.1 Å². The Morgan fingerprint density at radius 2 is 2.25 bits per heavy atom. The number of aromatic nitrogens is 2. The molecule has 1 aliphatic heterocycles. The fraction of sp³-hybridized carbons (Fsp3) is 0.667. The summed E-state index contributed by atoms with van der Waals surface area (Å²) >= 11 is 0. The lowest BCUT2D eigenvalue weighted by Gasteiger charge is -2.28. The van der Waals surface area contributed by atoms with Gasteiger partial charge in [0.2, 0.25) is 0 Å². The number of nitrogens with one attached hydrogen (secondary N) is 1. The van der Waals surface area contributed by atoms with E-state index in [9.17, 15) is 0 Å². The lowest BCUT2D eigenvalue weighted by atomic mass is 9.97. The monoisotopic (exact) mass is 220 g/mol. The lowest BCUT2D eigenvalue weighted by molar-refractivity contribution is 0.246. The second-order valence-corrected chi connectivity index (χ2v) is 4.60. The molecular weight excluding hydrogens is 200 g/mol. The lowest BCUT2D eigenvalue weighted by Crippen LogP contribution is -2.31. The van der Waals surface area contributed by atoms with Crippen LogP contribution in [-0.2, 0) is 0 Å². The Labute approximate surface area is 97.1 Å². The molecule has 1 saturated heterocycles. The summed E-state index contributed by atoms with van der Waals surface area (Å²) in [5.74, 6) is 2.41. The molecular formula is C12H20N4. The van der Waals surface area contributed by atoms with Gasteiger partial charge in [-0.2, -0.15) is 0 Å². The van der Waals surface area contributed by atoms with Gasteiger partial charge in [-0.05, 0) is 33.4 Å². The molecule has 0 aromatic carbocycles. The van der Waals surface area contributed by atoms with Crippen LogP contribution in [0, 0.1) is 6.92 Å². The number of piperidine rings is 1. The van der Waals surface area contributed by atoms with Crippen molar-refractivity contribution in [2.75, 3.05) is 32.5 Å². The third kappa shape index (κ3) is 2.50. The molecule has 1 unspecified atom stereocenters.